The van der Waals surface area contributed by atoms with Crippen molar-refractivity contribution in [3.8, 4) is 0 Å². The zero-order chi connectivity index (χ0) is 11.0. The van der Waals surface area contributed by atoms with Crippen LogP contribution in [0.25, 0.3) is 0 Å². The Balaban J connectivity index is 3.98. The van der Waals surface area contributed by atoms with Crippen LogP contribution < -0.4 is 5.73 Å². The quantitative estimate of drug-likeness (QED) is 0.658. The first-order valence-corrected chi connectivity index (χ1v) is 5.12. The normalized spacial score (nSPS) is 10.6. The molecule has 2 N–H and O–H groups in total. The van der Waals surface area contributed by atoms with Crippen molar-refractivity contribution in [3.63, 3.8) is 0 Å². The molecule has 0 fully saturated rings. The molecule has 4 nitrogen and oxygen atoms in total. The van der Waals surface area contributed by atoms with Gasteiger partial charge >= 0.3 is 0 Å². The third-order valence-corrected chi connectivity index (χ3v) is 2.07. The second-order valence-electron chi connectivity index (χ2n) is 3.57. The molecule has 0 radical (unpaired) electrons. The molecule has 0 aromatic heterocycles. The van der Waals surface area contributed by atoms with Gasteiger partial charge in [-0.3, -0.25) is 4.79 Å². The van der Waals surface area contributed by atoms with Crippen molar-refractivity contribution in [1.82, 2.24) is 4.90 Å². The third kappa shape index (κ3) is 5.19. The monoisotopic (exact) mass is 202 g/mol. The molecule has 0 unspecified atom stereocenters. The number of carbonyl (C=O) groups excluding carboxylic acids is 1. The summed E-state index contributed by atoms with van der Waals surface area (Å²) in [5.41, 5.74) is 5.36. The molecule has 0 aliphatic rings. The lowest BCUT2D eigenvalue weighted by Gasteiger charge is -2.26. The van der Waals surface area contributed by atoms with Crippen molar-refractivity contribution in [1.29, 1.82) is 0 Å². The highest BCUT2D eigenvalue weighted by atomic mass is 16.5. The molecule has 4 heteroatoms. The molecule has 0 rings (SSSR count). The lowest BCUT2D eigenvalue weighted by molar-refractivity contribution is -0.133. The van der Waals surface area contributed by atoms with Gasteiger partial charge in [-0.2, -0.15) is 0 Å². The molecule has 14 heavy (non-hydrogen) atoms. The molecule has 0 atom stereocenters. The van der Waals surface area contributed by atoms with Gasteiger partial charge in [-0.25, -0.2) is 0 Å². The Morgan fingerprint density at radius 3 is 2.57 bits per heavy atom. The maximum absolute atomic E-state index is 11.7. The number of hydrogen-bond acceptors (Lipinski definition) is 3. The molecule has 0 saturated heterocycles. The summed E-state index contributed by atoms with van der Waals surface area (Å²) in [5.74, 6) is 0.169. The summed E-state index contributed by atoms with van der Waals surface area (Å²) in [5, 5.41) is 0. The molecule has 0 spiro atoms. The van der Waals surface area contributed by atoms with Crippen LogP contribution in [-0.4, -0.2) is 43.7 Å². The molecule has 84 valence electrons. The summed E-state index contributed by atoms with van der Waals surface area (Å²) < 4.78 is 4.96. The van der Waals surface area contributed by atoms with Gasteiger partial charge in [0.2, 0.25) is 5.91 Å². The van der Waals surface area contributed by atoms with Crippen LogP contribution in [0.5, 0.6) is 0 Å². The van der Waals surface area contributed by atoms with Crippen LogP contribution in [0.1, 0.15) is 26.7 Å². The molecule has 0 bridgehead atoms. The Kier molecular flexibility index (Phi) is 7.42. The molecule has 0 aromatic rings. The minimum Gasteiger partial charge on any atom is -0.383 e. The lowest BCUT2D eigenvalue weighted by Crippen LogP contribution is -2.39. The number of amides is 1. The smallest absolute Gasteiger partial charge is 0.222 e. The molecule has 1 amide bonds. The van der Waals surface area contributed by atoms with E-state index in [9.17, 15) is 4.79 Å². The van der Waals surface area contributed by atoms with Crippen LogP contribution in [0.15, 0.2) is 0 Å². The topological polar surface area (TPSA) is 55.6 Å². The summed E-state index contributed by atoms with van der Waals surface area (Å²) in [7, 11) is 1.64. The Labute approximate surface area is 86.4 Å². The van der Waals surface area contributed by atoms with Gasteiger partial charge in [0.05, 0.1) is 6.61 Å². The Morgan fingerprint density at radius 2 is 2.14 bits per heavy atom. The number of carbonyl (C=O) groups is 1. The van der Waals surface area contributed by atoms with E-state index < -0.39 is 0 Å². The molecule has 0 aliphatic heterocycles. The van der Waals surface area contributed by atoms with Gasteiger partial charge in [0.25, 0.3) is 0 Å². The highest BCUT2D eigenvalue weighted by molar-refractivity contribution is 5.76. The van der Waals surface area contributed by atoms with Gasteiger partial charge in [-0.05, 0) is 26.8 Å². The fourth-order valence-electron chi connectivity index (χ4n) is 1.26. The van der Waals surface area contributed by atoms with E-state index in [2.05, 4.69) is 0 Å². The van der Waals surface area contributed by atoms with Gasteiger partial charge in [0.1, 0.15) is 0 Å². The lowest BCUT2D eigenvalue weighted by atomic mass is 10.2. The van der Waals surface area contributed by atoms with E-state index in [1.165, 1.54) is 0 Å². The molecular weight excluding hydrogens is 180 g/mol. The Hall–Kier alpha value is -0.610. The number of rotatable bonds is 7. The second kappa shape index (κ2) is 7.76. The van der Waals surface area contributed by atoms with Crippen LogP contribution in [0.2, 0.25) is 0 Å². The molecule has 0 aliphatic carbocycles. The average Bonchev–Trinajstić information content (AvgIpc) is 2.14. The van der Waals surface area contributed by atoms with Gasteiger partial charge in [0, 0.05) is 26.1 Å². The van der Waals surface area contributed by atoms with Crippen LogP contribution in [0, 0.1) is 0 Å². The Morgan fingerprint density at radius 1 is 1.50 bits per heavy atom. The molecular formula is C10H22N2O2. The predicted octanol–water partition coefficient (Wildman–Crippen LogP) is 0.609. The minimum atomic E-state index is 0.169. The SMILES string of the molecule is COCCN(C(=O)CCCN)C(C)C. The number of ether oxygens (including phenoxy) is 1. The summed E-state index contributed by atoms with van der Waals surface area (Å²) in [6.45, 7) is 5.85. The zero-order valence-electron chi connectivity index (χ0n) is 9.45. The summed E-state index contributed by atoms with van der Waals surface area (Å²) in [4.78, 5) is 13.5. The molecule has 0 heterocycles. The number of nitrogens with two attached hydrogens (primary N) is 1. The largest absolute Gasteiger partial charge is 0.383 e. The predicted molar refractivity (Wildman–Crippen MR) is 57.0 cm³/mol. The highest BCUT2D eigenvalue weighted by Crippen LogP contribution is 2.03. The van der Waals surface area contributed by atoms with Crippen LogP contribution >= 0.6 is 0 Å². The number of nitrogens with zero attached hydrogens (tertiary/aromatic N) is 1. The fourth-order valence-corrected chi connectivity index (χ4v) is 1.26. The maximum atomic E-state index is 11.7. The van der Waals surface area contributed by atoms with E-state index in [4.69, 9.17) is 10.5 Å². The van der Waals surface area contributed by atoms with Gasteiger partial charge in [0.15, 0.2) is 0 Å². The van der Waals surface area contributed by atoms with E-state index in [1.54, 1.807) is 7.11 Å². The van der Waals surface area contributed by atoms with E-state index in [-0.39, 0.29) is 11.9 Å². The van der Waals surface area contributed by atoms with E-state index in [0.717, 1.165) is 6.42 Å². The van der Waals surface area contributed by atoms with Crippen LogP contribution in [0.4, 0.5) is 0 Å². The van der Waals surface area contributed by atoms with Crippen molar-refractivity contribution in [3.05, 3.63) is 0 Å². The summed E-state index contributed by atoms with van der Waals surface area (Å²) >= 11 is 0. The standard InChI is InChI=1S/C10H22N2O2/c1-9(2)12(7-8-14-3)10(13)5-4-6-11/h9H,4-8,11H2,1-3H3. The van der Waals surface area contributed by atoms with E-state index >= 15 is 0 Å². The third-order valence-electron chi connectivity index (χ3n) is 2.07. The molecule has 0 aromatic carbocycles. The maximum Gasteiger partial charge on any atom is 0.222 e. The average molecular weight is 202 g/mol. The first-order chi connectivity index (χ1) is 6.63. The zero-order valence-corrected chi connectivity index (χ0v) is 9.45. The van der Waals surface area contributed by atoms with Crippen molar-refractivity contribution in [2.24, 2.45) is 5.73 Å². The highest BCUT2D eigenvalue weighted by Gasteiger charge is 2.15. The van der Waals surface area contributed by atoms with Gasteiger partial charge < -0.3 is 15.4 Å². The van der Waals surface area contributed by atoms with Crippen molar-refractivity contribution >= 4 is 5.91 Å². The van der Waals surface area contributed by atoms with Crippen molar-refractivity contribution < 1.29 is 9.53 Å². The van der Waals surface area contributed by atoms with Gasteiger partial charge in [-0.15, -0.1) is 0 Å². The summed E-state index contributed by atoms with van der Waals surface area (Å²) in [6, 6.07) is 0.232. The molecule has 0 saturated carbocycles. The number of hydrogen-bond donors (Lipinski definition) is 1. The number of methoxy groups -OCH3 is 1. The van der Waals surface area contributed by atoms with Crippen LogP contribution in [-0.2, 0) is 9.53 Å². The van der Waals surface area contributed by atoms with E-state index in [1.807, 2.05) is 18.7 Å². The van der Waals surface area contributed by atoms with E-state index in [0.29, 0.717) is 26.1 Å². The van der Waals surface area contributed by atoms with Gasteiger partial charge in [-0.1, -0.05) is 0 Å². The summed E-state index contributed by atoms with van der Waals surface area (Å²) in [6.07, 6.45) is 1.30. The van der Waals surface area contributed by atoms with Crippen molar-refractivity contribution in [2.75, 3.05) is 26.8 Å². The first-order valence-electron chi connectivity index (χ1n) is 5.12. The second-order valence-corrected chi connectivity index (χ2v) is 3.57. The van der Waals surface area contributed by atoms with Crippen molar-refractivity contribution in [2.45, 2.75) is 32.7 Å². The van der Waals surface area contributed by atoms with Crippen LogP contribution in [0.3, 0.4) is 0 Å². The first kappa shape index (κ1) is 13.4. The fraction of sp³-hybridized carbons (Fsp3) is 0.900. The minimum absolute atomic E-state index is 0.169. The Bertz CT molecular complexity index is 160.